The van der Waals surface area contributed by atoms with Gasteiger partial charge >= 0.3 is 0 Å². The quantitative estimate of drug-likeness (QED) is 0.641. The fourth-order valence-electron chi connectivity index (χ4n) is 1.95. The number of fused-ring (bicyclic) bond motifs is 1. The van der Waals surface area contributed by atoms with E-state index < -0.39 is 0 Å². The molecule has 92 valence electrons. The largest absolute Gasteiger partial charge is 0.399 e. The number of hydrogen-bond donors (Lipinski definition) is 3. The molecule has 1 heterocycles. The van der Waals surface area contributed by atoms with Gasteiger partial charge in [0, 0.05) is 20.2 Å². The molecule has 2 rings (SSSR count). The Bertz CT molecular complexity index is 430. The molecule has 0 aromatic heterocycles. The molecule has 1 aliphatic heterocycles. The summed E-state index contributed by atoms with van der Waals surface area (Å²) in [6.07, 6.45) is 0. The van der Waals surface area contributed by atoms with Gasteiger partial charge in [-0.2, -0.15) is 0 Å². The Morgan fingerprint density at radius 2 is 2.18 bits per heavy atom. The summed E-state index contributed by atoms with van der Waals surface area (Å²) in [6, 6.07) is 8.01. The predicted molar refractivity (Wildman–Crippen MR) is 67.9 cm³/mol. The number of anilines is 1. The van der Waals surface area contributed by atoms with Crippen molar-refractivity contribution in [2.75, 3.05) is 25.3 Å². The standard InChI is InChI=1S/C12H18N4O/c1-17-8-10(13)12-7-15-6-9-4-2-3-5-11(9)16(12)14/h2-5,15H,6-8,13-14H2,1H3/b12-10-. The van der Waals surface area contributed by atoms with Crippen LogP contribution in [0, 0.1) is 0 Å². The van der Waals surface area contributed by atoms with Crippen LogP contribution in [0.2, 0.25) is 0 Å². The van der Waals surface area contributed by atoms with Gasteiger partial charge in [0.15, 0.2) is 0 Å². The molecule has 5 N–H and O–H groups in total. The molecule has 17 heavy (non-hydrogen) atoms. The van der Waals surface area contributed by atoms with Crippen molar-refractivity contribution in [1.29, 1.82) is 0 Å². The molecule has 0 unspecified atom stereocenters. The topological polar surface area (TPSA) is 76.5 Å². The fourth-order valence-corrected chi connectivity index (χ4v) is 1.95. The van der Waals surface area contributed by atoms with E-state index in [0.717, 1.165) is 23.5 Å². The Morgan fingerprint density at radius 1 is 1.41 bits per heavy atom. The Hall–Kier alpha value is -1.56. The minimum Gasteiger partial charge on any atom is -0.399 e. The fraction of sp³-hybridized carbons (Fsp3) is 0.333. The molecule has 1 aromatic carbocycles. The smallest absolute Gasteiger partial charge is 0.0875 e. The second-order valence-electron chi connectivity index (χ2n) is 4.01. The first-order chi connectivity index (χ1) is 8.24. The summed E-state index contributed by atoms with van der Waals surface area (Å²) in [4.78, 5) is 0. The van der Waals surface area contributed by atoms with Crippen molar-refractivity contribution in [3.8, 4) is 0 Å². The predicted octanol–water partition coefficient (Wildman–Crippen LogP) is 0.287. The number of para-hydroxylation sites is 1. The molecule has 0 aliphatic carbocycles. The number of hydrogen-bond acceptors (Lipinski definition) is 5. The highest BCUT2D eigenvalue weighted by Gasteiger charge is 2.18. The summed E-state index contributed by atoms with van der Waals surface area (Å²) in [5.41, 5.74) is 9.62. The van der Waals surface area contributed by atoms with Crippen LogP contribution < -0.4 is 21.9 Å². The molecule has 5 heteroatoms. The number of nitrogens with zero attached hydrogens (tertiary/aromatic N) is 1. The molecule has 1 aromatic rings. The van der Waals surface area contributed by atoms with Gasteiger partial charge in [-0.05, 0) is 11.6 Å². The van der Waals surface area contributed by atoms with Crippen LogP contribution in [0.1, 0.15) is 5.56 Å². The van der Waals surface area contributed by atoms with Gasteiger partial charge in [0.2, 0.25) is 0 Å². The first-order valence-electron chi connectivity index (χ1n) is 5.54. The third-order valence-corrected chi connectivity index (χ3v) is 2.82. The van der Waals surface area contributed by atoms with E-state index in [1.807, 2.05) is 18.2 Å². The molecular weight excluding hydrogens is 216 g/mol. The molecule has 0 bridgehead atoms. The lowest BCUT2D eigenvalue weighted by Gasteiger charge is -2.22. The van der Waals surface area contributed by atoms with Crippen LogP contribution in [0.25, 0.3) is 0 Å². The van der Waals surface area contributed by atoms with Crippen molar-refractivity contribution < 1.29 is 4.74 Å². The molecule has 0 amide bonds. The molecular formula is C12H18N4O. The van der Waals surface area contributed by atoms with Crippen LogP contribution in [0.5, 0.6) is 0 Å². The van der Waals surface area contributed by atoms with Crippen molar-refractivity contribution in [2.24, 2.45) is 11.6 Å². The van der Waals surface area contributed by atoms with Crippen LogP contribution in [0.4, 0.5) is 5.69 Å². The van der Waals surface area contributed by atoms with Gasteiger partial charge in [-0.3, -0.25) is 5.01 Å². The van der Waals surface area contributed by atoms with Gasteiger partial charge in [0.1, 0.15) is 0 Å². The lowest BCUT2D eigenvalue weighted by molar-refractivity contribution is 0.223. The number of hydrazine groups is 1. The normalized spacial score (nSPS) is 18.6. The highest BCUT2D eigenvalue weighted by atomic mass is 16.5. The Labute approximate surface area is 101 Å². The van der Waals surface area contributed by atoms with E-state index in [9.17, 15) is 0 Å². The summed E-state index contributed by atoms with van der Waals surface area (Å²) >= 11 is 0. The number of nitrogens with two attached hydrogens (primary N) is 2. The minimum atomic E-state index is 0.382. The zero-order valence-corrected chi connectivity index (χ0v) is 9.94. The number of ether oxygens (including phenoxy) is 1. The summed E-state index contributed by atoms with van der Waals surface area (Å²) in [6.45, 7) is 1.81. The Kier molecular flexibility index (Phi) is 3.63. The SMILES string of the molecule is COC/C(N)=C1\CNCc2ccccc2N1N. The third kappa shape index (κ3) is 2.41. The van der Waals surface area contributed by atoms with Crippen LogP contribution in [0.15, 0.2) is 35.7 Å². The minimum absolute atomic E-state index is 0.382. The van der Waals surface area contributed by atoms with E-state index in [4.69, 9.17) is 16.3 Å². The molecule has 0 spiro atoms. The lowest BCUT2D eigenvalue weighted by atomic mass is 10.2. The summed E-state index contributed by atoms with van der Waals surface area (Å²) in [7, 11) is 1.62. The first-order valence-corrected chi connectivity index (χ1v) is 5.54. The lowest BCUT2D eigenvalue weighted by Crippen LogP contribution is -2.36. The van der Waals surface area contributed by atoms with Crippen molar-refractivity contribution >= 4 is 5.69 Å². The maximum absolute atomic E-state index is 6.12. The van der Waals surface area contributed by atoms with Crippen LogP contribution in [-0.2, 0) is 11.3 Å². The second kappa shape index (κ2) is 5.18. The third-order valence-electron chi connectivity index (χ3n) is 2.82. The van der Waals surface area contributed by atoms with E-state index in [2.05, 4.69) is 11.4 Å². The highest BCUT2D eigenvalue weighted by Crippen LogP contribution is 2.24. The van der Waals surface area contributed by atoms with Gasteiger partial charge in [-0.1, -0.05) is 18.2 Å². The van der Waals surface area contributed by atoms with Crippen LogP contribution >= 0.6 is 0 Å². The summed E-state index contributed by atoms with van der Waals surface area (Å²) in [5.74, 6) is 6.12. The molecule has 0 saturated carbocycles. The van der Waals surface area contributed by atoms with Gasteiger partial charge in [-0.15, -0.1) is 0 Å². The van der Waals surface area contributed by atoms with Crippen molar-refractivity contribution in [3.63, 3.8) is 0 Å². The summed E-state index contributed by atoms with van der Waals surface area (Å²) in [5, 5.41) is 4.95. The number of rotatable bonds is 2. The molecule has 0 atom stereocenters. The molecule has 0 fully saturated rings. The van der Waals surface area contributed by atoms with E-state index in [-0.39, 0.29) is 0 Å². The van der Waals surface area contributed by atoms with Crippen LogP contribution in [-0.4, -0.2) is 20.3 Å². The molecule has 5 nitrogen and oxygen atoms in total. The van der Waals surface area contributed by atoms with Crippen molar-refractivity contribution in [2.45, 2.75) is 6.54 Å². The zero-order chi connectivity index (χ0) is 12.3. The van der Waals surface area contributed by atoms with Crippen molar-refractivity contribution in [1.82, 2.24) is 5.32 Å². The Morgan fingerprint density at radius 3 is 2.94 bits per heavy atom. The van der Waals surface area contributed by atoms with E-state index in [1.165, 1.54) is 0 Å². The second-order valence-corrected chi connectivity index (χ2v) is 4.01. The van der Waals surface area contributed by atoms with E-state index in [0.29, 0.717) is 18.8 Å². The number of methoxy groups -OCH3 is 1. The van der Waals surface area contributed by atoms with Crippen molar-refractivity contribution in [3.05, 3.63) is 41.2 Å². The van der Waals surface area contributed by atoms with Crippen LogP contribution in [0.3, 0.4) is 0 Å². The first kappa shape index (κ1) is 11.9. The zero-order valence-electron chi connectivity index (χ0n) is 9.94. The maximum Gasteiger partial charge on any atom is 0.0875 e. The Balaban J connectivity index is 2.38. The van der Waals surface area contributed by atoms with Gasteiger partial charge in [0.05, 0.1) is 23.7 Å². The average Bonchev–Trinajstić information content (AvgIpc) is 2.50. The van der Waals surface area contributed by atoms with Gasteiger partial charge < -0.3 is 15.8 Å². The average molecular weight is 234 g/mol. The molecule has 0 radical (unpaired) electrons. The van der Waals surface area contributed by atoms with Gasteiger partial charge in [-0.25, -0.2) is 5.84 Å². The number of benzene rings is 1. The highest BCUT2D eigenvalue weighted by molar-refractivity contribution is 5.58. The molecule has 0 saturated heterocycles. The summed E-state index contributed by atoms with van der Waals surface area (Å²) < 4.78 is 5.04. The van der Waals surface area contributed by atoms with E-state index in [1.54, 1.807) is 12.1 Å². The monoisotopic (exact) mass is 234 g/mol. The maximum atomic E-state index is 6.12. The molecule has 1 aliphatic rings. The van der Waals surface area contributed by atoms with E-state index >= 15 is 0 Å². The van der Waals surface area contributed by atoms with Gasteiger partial charge in [0.25, 0.3) is 0 Å². The number of nitrogens with one attached hydrogen (secondary N) is 1.